The molecule has 0 aliphatic heterocycles. The van der Waals surface area contributed by atoms with Crippen LogP contribution in [-0.2, 0) is 19.3 Å². The maximum atomic E-state index is 12.8. The van der Waals surface area contributed by atoms with E-state index in [0.717, 1.165) is 37.0 Å². The highest BCUT2D eigenvalue weighted by Gasteiger charge is 2.12. The smallest absolute Gasteiger partial charge is 0.343 e. The lowest BCUT2D eigenvalue weighted by Gasteiger charge is -2.11. The van der Waals surface area contributed by atoms with Crippen LogP contribution < -0.4 is 9.47 Å². The maximum absolute atomic E-state index is 12.8. The first kappa shape index (κ1) is 28.5. The van der Waals surface area contributed by atoms with Crippen molar-refractivity contribution in [1.82, 2.24) is 0 Å². The van der Waals surface area contributed by atoms with E-state index in [1.807, 2.05) is 36.4 Å². The van der Waals surface area contributed by atoms with Crippen LogP contribution in [0.5, 0.6) is 11.5 Å². The second-order valence-electron chi connectivity index (χ2n) is 9.91. The predicted molar refractivity (Wildman–Crippen MR) is 154 cm³/mol. The fourth-order valence-electron chi connectivity index (χ4n) is 4.46. The van der Waals surface area contributed by atoms with E-state index in [0.29, 0.717) is 17.9 Å². The van der Waals surface area contributed by atoms with Gasteiger partial charge in [-0.25, -0.2) is 4.79 Å². The van der Waals surface area contributed by atoms with Gasteiger partial charge in [-0.3, -0.25) is 0 Å². The molecule has 0 aliphatic carbocycles. The number of hydrogen-bond acceptors (Lipinski definition) is 3. The normalized spacial score (nSPS) is 10.9. The zero-order valence-electron chi connectivity index (χ0n) is 22.8. The van der Waals surface area contributed by atoms with Gasteiger partial charge in [0.15, 0.2) is 0 Å². The fourth-order valence-corrected chi connectivity index (χ4v) is 4.46. The van der Waals surface area contributed by atoms with Crippen molar-refractivity contribution in [2.75, 3.05) is 6.61 Å². The molecule has 0 bridgehead atoms. The summed E-state index contributed by atoms with van der Waals surface area (Å²) in [6.07, 6.45) is 14.1. The first-order chi connectivity index (χ1) is 18.2. The third-order valence-corrected chi connectivity index (χ3v) is 6.81. The lowest BCUT2D eigenvalue weighted by Crippen LogP contribution is -2.10. The summed E-state index contributed by atoms with van der Waals surface area (Å²) < 4.78 is 11.6. The monoisotopic (exact) mass is 500 g/mol. The number of carbonyl (C=O) groups excluding carboxylic acids is 1. The van der Waals surface area contributed by atoms with Crippen molar-refractivity contribution in [1.29, 1.82) is 0 Å². The summed E-state index contributed by atoms with van der Waals surface area (Å²) in [6.45, 7) is 5.18. The van der Waals surface area contributed by atoms with Crippen LogP contribution in [0, 0.1) is 0 Å². The highest BCUT2D eigenvalue weighted by Crippen LogP contribution is 2.23. The number of benzene rings is 3. The number of aryl methyl sites for hydroxylation is 3. The van der Waals surface area contributed by atoms with Gasteiger partial charge in [0.25, 0.3) is 0 Å². The van der Waals surface area contributed by atoms with Gasteiger partial charge >= 0.3 is 5.97 Å². The second-order valence-corrected chi connectivity index (χ2v) is 9.91. The molecule has 3 rings (SSSR count). The van der Waals surface area contributed by atoms with E-state index in [2.05, 4.69) is 38.1 Å². The number of rotatable bonds is 17. The Kier molecular flexibility index (Phi) is 12.8. The Balaban J connectivity index is 1.47. The van der Waals surface area contributed by atoms with E-state index < -0.39 is 0 Å². The van der Waals surface area contributed by atoms with Crippen LogP contribution in [0.2, 0.25) is 0 Å². The molecule has 198 valence electrons. The third kappa shape index (κ3) is 10.4. The molecule has 0 saturated carbocycles. The predicted octanol–water partition coefficient (Wildman–Crippen LogP) is 9.16. The highest BCUT2D eigenvalue weighted by molar-refractivity contribution is 5.91. The van der Waals surface area contributed by atoms with Gasteiger partial charge in [0.2, 0.25) is 0 Å². The average Bonchev–Trinajstić information content (AvgIpc) is 2.93. The summed E-state index contributed by atoms with van der Waals surface area (Å²) in [6, 6.07) is 24.1. The number of unbranched alkanes of at least 4 members (excludes halogenated alkanes) is 7. The lowest BCUT2D eigenvalue weighted by atomic mass is 10.0. The topological polar surface area (TPSA) is 35.5 Å². The Morgan fingerprint density at radius 1 is 0.622 bits per heavy atom. The van der Waals surface area contributed by atoms with Gasteiger partial charge in [-0.1, -0.05) is 101 Å². The van der Waals surface area contributed by atoms with Crippen molar-refractivity contribution in [2.45, 2.75) is 90.9 Å². The number of carbonyl (C=O) groups is 1. The minimum Gasteiger partial charge on any atom is -0.494 e. The molecule has 0 atom stereocenters. The standard InChI is InChI=1S/C34H44O3/c1-3-5-7-8-9-13-27-36-32-25-23-31(24-26-32)34(35)37-33-16-12-11-15-30(33)22-21-29-19-17-28(18-20-29)14-10-6-4-2/h11-12,15-20,23-26H,3-10,13-14,21-22,27H2,1-2H3. The van der Waals surface area contributed by atoms with Gasteiger partial charge in [-0.2, -0.15) is 0 Å². The number of para-hydroxylation sites is 1. The second kappa shape index (κ2) is 16.6. The van der Waals surface area contributed by atoms with Crippen LogP contribution in [0.25, 0.3) is 0 Å². The van der Waals surface area contributed by atoms with Crippen molar-refractivity contribution >= 4 is 5.97 Å². The van der Waals surface area contributed by atoms with Crippen LogP contribution in [0.1, 0.15) is 98.7 Å². The summed E-state index contributed by atoms with van der Waals surface area (Å²) in [4.78, 5) is 12.8. The minimum atomic E-state index is -0.341. The zero-order chi connectivity index (χ0) is 26.1. The molecule has 0 aliphatic rings. The minimum absolute atomic E-state index is 0.341. The molecule has 3 aromatic carbocycles. The summed E-state index contributed by atoms with van der Waals surface area (Å²) in [5.41, 5.74) is 4.28. The van der Waals surface area contributed by atoms with Crippen LogP contribution in [0.15, 0.2) is 72.8 Å². The quantitative estimate of drug-likeness (QED) is 0.105. The summed E-state index contributed by atoms with van der Waals surface area (Å²) in [5.74, 6) is 1.08. The number of hydrogen-bond donors (Lipinski definition) is 0. The molecule has 0 spiro atoms. The van der Waals surface area contributed by atoms with Crippen LogP contribution in [0.3, 0.4) is 0 Å². The Morgan fingerprint density at radius 3 is 1.97 bits per heavy atom. The largest absolute Gasteiger partial charge is 0.494 e. The number of esters is 1. The molecule has 3 aromatic rings. The molecule has 0 aromatic heterocycles. The molecule has 3 nitrogen and oxygen atoms in total. The Bertz CT molecular complexity index is 1040. The van der Waals surface area contributed by atoms with E-state index >= 15 is 0 Å². The van der Waals surface area contributed by atoms with Crippen LogP contribution in [-0.4, -0.2) is 12.6 Å². The molecular weight excluding hydrogens is 456 g/mol. The third-order valence-electron chi connectivity index (χ3n) is 6.81. The molecule has 0 fully saturated rings. The van der Waals surface area contributed by atoms with E-state index in [4.69, 9.17) is 9.47 Å². The molecule has 0 amide bonds. The van der Waals surface area contributed by atoms with E-state index in [9.17, 15) is 4.79 Å². The van der Waals surface area contributed by atoms with Crippen molar-refractivity contribution in [2.24, 2.45) is 0 Å². The molecular formula is C34H44O3. The highest BCUT2D eigenvalue weighted by atomic mass is 16.5. The van der Waals surface area contributed by atoms with Gasteiger partial charge in [0.1, 0.15) is 11.5 Å². The first-order valence-electron chi connectivity index (χ1n) is 14.3. The van der Waals surface area contributed by atoms with Crippen molar-refractivity contribution in [3.05, 3.63) is 95.1 Å². The fraction of sp³-hybridized carbons (Fsp3) is 0.441. The summed E-state index contributed by atoms with van der Waals surface area (Å²) in [7, 11) is 0. The van der Waals surface area contributed by atoms with Gasteiger partial charge in [-0.15, -0.1) is 0 Å². The molecule has 37 heavy (non-hydrogen) atoms. The van der Waals surface area contributed by atoms with Gasteiger partial charge < -0.3 is 9.47 Å². The molecule has 0 N–H and O–H groups in total. The van der Waals surface area contributed by atoms with Crippen LogP contribution in [0.4, 0.5) is 0 Å². The lowest BCUT2D eigenvalue weighted by molar-refractivity contribution is 0.0733. The van der Waals surface area contributed by atoms with E-state index in [-0.39, 0.29) is 5.97 Å². The molecule has 0 heterocycles. The molecule has 0 radical (unpaired) electrons. The summed E-state index contributed by atoms with van der Waals surface area (Å²) in [5, 5.41) is 0. The van der Waals surface area contributed by atoms with Crippen molar-refractivity contribution in [3.8, 4) is 11.5 Å². The average molecular weight is 501 g/mol. The zero-order valence-corrected chi connectivity index (χ0v) is 22.8. The Labute approximate surface area is 224 Å². The van der Waals surface area contributed by atoms with Crippen molar-refractivity contribution < 1.29 is 14.3 Å². The summed E-state index contributed by atoms with van der Waals surface area (Å²) >= 11 is 0. The molecule has 3 heteroatoms. The SMILES string of the molecule is CCCCCCCCOc1ccc(C(=O)Oc2ccccc2CCc2ccc(CCCCC)cc2)cc1. The van der Waals surface area contributed by atoms with Gasteiger partial charge in [0, 0.05) is 0 Å². The molecule has 0 unspecified atom stereocenters. The van der Waals surface area contributed by atoms with Gasteiger partial charge in [-0.05, 0) is 79.1 Å². The van der Waals surface area contributed by atoms with Gasteiger partial charge in [0.05, 0.1) is 12.2 Å². The first-order valence-corrected chi connectivity index (χ1v) is 14.3. The molecule has 0 saturated heterocycles. The Hall–Kier alpha value is -3.07. The van der Waals surface area contributed by atoms with E-state index in [1.54, 1.807) is 12.1 Å². The maximum Gasteiger partial charge on any atom is 0.343 e. The Morgan fingerprint density at radius 2 is 1.24 bits per heavy atom. The van der Waals surface area contributed by atoms with Crippen molar-refractivity contribution in [3.63, 3.8) is 0 Å². The van der Waals surface area contributed by atoms with E-state index in [1.165, 1.54) is 62.5 Å². The number of ether oxygens (including phenoxy) is 2. The van der Waals surface area contributed by atoms with Crippen LogP contribution >= 0.6 is 0 Å².